The molecule has 78 valence electrons. The van der Waals surface area contributed by atoms with Crippen molar-refractivity contribution in [1.29, 1.82) is 0 Å². The van der Waals surface area contributed by atoms with E-state index in [1.807, 2.05) is 6.92 Å². The van der Waals surface area contributed by atoms with Crippen LogP contribution in [0.25, 0.3) is 0 Å². The van der Waals surface area contributed by atoms with Crippen molar-refractivity contribution < 1.29 is 9.13 Å². The van der Waals surface area contributed by atoms with Gasteiger partial charge in [0.15, 0.2) is 0 Å². The number of alkyl halides is 1. The third-order valence-electron chi connectivity index (χ3n) is 2.20. The molecule has 0 spiro atoms. The first-order valence-corrected chi connectivity index (χ1v) is 4.63. The predicted molar refractivity (Wildman–Crippen MR) is 55.1 cm³/mol. The zero-order valence-electron chi connectivity index (χ0n) is 8.75. The number of rotatable bonds is 3. The highest BCUT2D eigenvalue weighted by Crippen LogP contribution is 2.28. The van der Waals surface area contributed by atoms with Gasteiger partial charge in [-0.1, -0.05) is 6.07 Å². The molecule has 2 nitrogen and oxygen atoms in total. The predicted octanol–water partition coefficient (Wildman–Crippen LogP) is 2.75. The van der Waals surface area contributed by atoms with Crippen LogP contribution >= 0.6 is 0 Å². The van der Waals surface area contributed by atoms with Gasteiger partial charge in [-0.15, -0.1) is 0 Å². The normalized spacial score (nSPS) is 14.9. The van der Waals surface area contributed by atoms with Gasteiger partial charge in [-0.25, -0.2) is 4.39 Å². The SMILES string of the molecule is COc1ccc(C(C)F)cc1C(C)N. The van der Waals surface area contributed by atoms with Crippen molar-refractivity contribution in [3.05, 3.63) is 29.3 Å². The lowest BCUT2D eigenvalue weighted by atomic mass is 10.0. The first-order valence-electron chi connectivity index (χ1n) is 4.63. The van der Waals surface area contributed by atoms with Gasteiger partial charge in [-0.05, 0) is 31.5 Å². The van der Waals surface area contributed by atoms with Crippen LogP contribution in [-0.2, 0) is 0 Å². The second kappa shape index (κ2) is 4.42. The van der Waals surface area contributed by atoms with Crippen LogP contribution in [0.4, 0.5) is 4.39 Å². The fourth-order valence-electron chi connectivity index (χ4n) is 1.36. The fraction of sp³-hybridized carbons (Fsp3) is 0.455. The summed E-state index contributed by atoms with van der Waals surface area (Å²) in [6.45, 7) is 3.36. The van der Waals surface area contributed by atoms with Crippen molar-refractivity contribution in [1.82, 2.24) is 0 Å². The van der Waals surface area contributed by atoms with Gasteiger partial charge in [0, 0.05) is 11.6 Å². The quantitative estimate of drug-likeness (QED) is 0.808. The van der Waals surface area contributed by atoms with Crippen LogP contribution < -0.4 is 10.5 Å². The first-order chi connectivity index (χ1) is 6.56. The maximum atomic E-state index is 13.0. The van der Waals surface area contributed by atoms with Crippen LogP contribution in [0.15, 0.2) is 18.2 Å². The van der Waals surface area contributed by atoms with Crippen molar-refractivity contribution in [3.8, 4) is 5.75 Å². The number of benzene rings is 1. The van der Waals surface area contributed by atoms with Crippen LogP contribution in [0.3, 0.4) is 0 Å². The van der Waals surface area contributed by atoms with Gasteiger partial charge in [0.2, 0.25) is 0 Å². The molecule has 0 aromatic heterocycles. The highest BCUT2D eigenvalue weighted by atomic mass is 19.1. The smallest absolute Gasteiger partial charge is 0.123 e. The molecule has 14 heavy (non-hydrogen) atoms. The van der Waals surface area contributed by atoms with Gasteiger partial charge in [0.1, 0.15) is 11.9 Å². The molecule has 0 heterocycles. The minimum absolute atomic E-state index is 0.149. The Hall–Kier alpha value is -1.09. The second-order valence-corrected chi connectivity index (χ2v) is 3.41. The lowest BCUT2D eigenvalue weighted by molar-refractivity contribution is 0.371. The molecule has 2 atom stereocenters. The van der Waals surface area contributed by atoms with Gasteiger partial charge >= 0.3 is 0 Å². The molecular weight excluding hydrogens is 181 g/mol. The maximum absolute atomic E-state index is 13.0. The highest BCUT2D eigenvalue weighted by Gasteiger charge is 2.11. The summed E-state index contributed by atoms with van der Waals surface area (Å²) in [4.78, 5) is 0. The molecule has 1 aromatic carbocycles. The van der Waals surface area contributed by atoms with E-state index in [0.717, 1.165) is 5.56 Å². The van der Waals surface area contributed by atoms with Crippen molar-refractivity contribution in [2.45, 2.75) is 26.1 Å². The largest absolute Gasteiger partial charge is 0.496 e. The highest BCUT2D eigenvalue weighted by molar-refractivity contribution is 5.39. The summed E-state index contributed by atoms with van der Waals surface area (Å²) >= 11 is 0. The van der Waals surface area contributed by atoms with Crippen LogP contribution in [0, 0.1) is 0 Å². The Morgan fingerprint density at radius 3 is 2.43 bits per heavy atom. The van der Waals surface area contributed by atoms with Crippen LogP contribution in [0.5, 0.6) is 5.75 Å². The molecule has 0 aliphatic rings. The molecule has 0 bridgehead atoms. The maximum Gasteiger partial charge on any atom is 0.123 e. The number of nitrogens with two attached hydrogens (primary N) is 1. The van der Waals surface area contributed by atoms with Crippen molar-refractivity contribution in [3.63, 3.8) is 0 Å². The summed E-state index contributed by atoms with van der Waals surface area (Å²) in [6.07, 6.45) is -0.974. The van der Waals surface area contributed by atoms with E-state index in [-0.39, 0.29) is 6.04 Å². The Morgan fingerprint density at radius 2 is 2.00 bits per heavy atom. The number of ether oxygens (including phenoxy) is 1. The summed E-state index contributed by atoms with van der Waals surface area (Å²) in [6, 6.07) is 5.08. The summed E-state index contributed by atoms with van der Waals surface area (Å²) < 4.78 is 18.2. The summed E-state index contributed by atoms with van der Waals surface area (Å²) in [5.74, 6) is 0.712. The van der Waals surface area contributed by atoms with E-state index < -0.39 is 6.17 Å². The van der Waals surface area contributed by atoms with Gasteiger partial charge in [0.05, 0.1) is 7.11 Å². The molecular formula is C11H16FNO. The van der Waals surface area contributed by atoms with Gasteiger partial charge in [0.25, 0.3) is 0 Å². The molecule has 1 rings (SSSR count). The topological polar surface area (TPSA) is 35.2 Å². The molecule has 3 heteroatoms. The molecule has 1 aromatic rings. The van der Waals surface area contributed by atoms with Crippen molar-refractivity contribution in [2.75, 3.05) is 7.11 Å². The van der Waals surface area contributed by atoms with Gasteiger partial charge in [-0.3, -0.25) is 0 Å². The molecule has 0 saturated carbocycles. The van der Waals surface area contributed by atoms with Crippen LogP contribution in [0.2, 0.25) is 0 Å². The van der Waals surface area contributed by atoms with Gasteiger partial charge in [-0.2, -0.15) is 0 Å². The van der Waals surface area contributed by atoms with E-state index in [2.05, 4.69) is 0 Å². The standard InChI is InChI=1S/C11H16FNO/c1-7(12)9-4-5-11(14-3)10(6-9)8(2)13/h4-8H,13H2,1-3H3. The van der Waals surface area contributed by atoms with Gasteiger partial charge < -0.3 is 10.5 Å². The average Bonchev–Trinajstić information content (AvgIpc) is 2.16. The number of methoxy groups -OCH3 is 1. The number of halogens is 1. The van der Waals surface area contributed by atoms with E-state index in [1.165, 1.54) is 6.92 Å². The molecule has 0 amide bonds. The monoisotopic (exact) mass is 197 g/mol. The van der Waals surface area contributed by atoms with E-state index in [0.29, 0.717) is 11.3 Å². The summed E-state index contributed by atoms with van der Waals surface area (Å²) in [5.41, 5.74) is 7.24. The van der Waals surface area contributed by atoms with E-state index in [9.17, 15) is 4.39 Å². The molecule has 2 unspecified atom stereocenters. The lowest BCUT2D eigenvalue weighted by Crippen LogP contribution is -2.07. The van der Waals surface area contributed by atoms with Crippen molar-refractivity contribution in [2.24, 2.45) is 5.73 Å². The van der Waals surface area contributed by atoms with Crippen molar-refractivity contribution >= 4 is 0 Å². The third-order valence-corrected chi connectivity index (χ3v) is 2.20. The van der Waals surface area contributed by atoms with Crippen LogP contribution in [0.1, 0.15) is 37.2 Å². The Balaban J connectivity index is 3.14. The Morgan fingerprint density at radius 1 is 1.36 bits per heavy atom. The molecule has 0 radical (unpaired) electrons. The van der Waals surface area contributed by atoms with Crippen LogP contribution in [-0.4, -0.2) is 7.11 Å². The molecule has 0 aliphatic heterocycles. The van der Waals surface area contributed by atoms with E-state index in [1.54, 1.807) is 25.3 Å². The first kappa shape index (κ1) is 11.0. The third kappa shape index (κ3) is 2.23. The zero-order valence-corrected chi connectivity index (χ0v) is 8.75. The number of hydrogen-bond acceptors (Lipinski definition) is 2. The summed E-state index contributed by atoms with van der Waals surface area (Å²) in [5, 5.41) is 0. The van der Waals surface area contributed by atoms with E-state index >= 15 is 0 Å². The lowest BCUT2D eigenvalue weighted by Gasteiger charge is -2.13. The fourth-order valence-corrected chi connectivity index (χ4v) is 1.36. The minimum Gasteiger partial charge on any atom is -0.496 e. The molecule has 0 fully saturated rings. The molecule has 0 saturated heterocycles. The summed E-state index contributed by atoms with van der Waals surface area (Å²) in [7, 11) is 1.58. The zero-order chi connectivity index (χ0) is 10.7. The molecule has 2 N–H and O–H groups in total. The molecule has 0 aliphatic carbocycles. The number of hydrogen-bond donors (Lipinski definition) is 1. The second-order valence-electron chi connectivity index (χ2n) is 3.41. The Labute approximate surface area is 83.9 Å². The Bertz CT molecular complexity index is 310. The minimum atomic E-state index is -0.974. The van der Waals surface area contributed by atoms with E-state index in [4.69, 9.17) is 10.5 Å². The average molecular weight is 197 g/mol. The Kier molecular flexibility index (Phi) is 3.47.